The normalized spacial score (nSPS) is 17.9. The zero-order valence-corrected chi connectivity index (χ0v) is 11.9. The van der Waals surface area contributed by atoms with Crippen LogP contribution in [0.15, 0.2) is 23.1 Å². The van der Waals surface area contributed by atoms with E-state index in [2.05, 4.69) is 0 Å². The van der Waals surface area contributed by atoms with Crippen molar-refractivity contribution < 1.29 is 9.90 Å². The topological polar surface area (TPSA) is 40.5 Å². The molecular weight excluding hydrogens is 290 g/mol. The van der Waals surface area contributed by atoms with Gasteiger partial charge in [-0.15, -0.1) is 0 Å². The van der Waals surface area contributed by atoms with Crippen LogP contribution in [0, 0.1) is 0 Å². The molecule has 0 bridgehead atoms. The maximum Gasteiger partial charge on any atom is 0.266 e. The molecule has 94 valence electrons. The Bertz CT molecular complexity index is 557. The van der Waals surface area contributed by atoms with Crippen molar-refractivity contribution in [3.63, 3.8) is 0 Å². The lowest BCUT2D eigenvalue weighted by atomic mass is 10.2. The number of amides is 1. The Labute approximate surface area is 119 Å². The van der Waals surface area contributed by atoms with Crippen molar-refractivity contribution in [2.75, 3.05) is 6.54 Å². The van der Waals surface area contributed by atoms with E-state index in [1.165, 1.54) is 22.7 Å². The fourth-order valence-electron chi connectivity index (χ4n) is 1.55. The van der Waals surface area contributed by atoms with Crippen molar-refractivity contribution >= 4 is 51.9 Å². The van der Waals surface area contributed by atoms with Gasteiger partial charge < -0.3 is 5.11 Å². The summed E-state index contributed by atoms with van der Waals surface area (Å²) in [4.78, 5) is 14.0. The van der Waals surface area contributed by atoms with E-state index in [-0.39, 0.29) is 11.7 Å². The summed E-state index contributed by atoms with van der Waals surface area (Å²) in [5.41, 5.74) is 0.513. The molecule has 0 saturated carbocycles. The van der Waals surface area contributed by atoms with Crippen LogP contribution in [-0.2, 0) is 4.79 Å². The summed E-state index contributed by atoms with van der Waals surface area (Å²) in [5.74, 6) is -0.0481. The number of aromatic hydroxyl groups is 1. The molecule has 0 radical (unpaired) electrons. The maximum atomic E-state index is 12.0. The van der Waals surface area contributed by atoms with Crippen LogP contribution in [0.2, 0.25) is 5.02 Å². The summed E-state index contributed by atoms with van der Waals surface area (Å²) in [5, 5.41) is 10.2. The van der Waals surface area contributed by atoms with Crippen molar-refractivity contribution in [2.45, 2.75) is 6.92 Å². The number of likely N-dealkylation sites (N-methyl/N-ethyl adjacent to an activating group) is 1. The van der Waals surface area contributed by atoms with Gasteiger partial charge in [-0.2, -0.15) is 0 Å². The van der Waals surface area contributed by atoms with E-state index in [1.54, 1.807) is 18.2 Å². The molecule has 0 aromatic heterocycles. The third-order valence-electron chi connectivity index (χ3n) is 2.47. The number of thiocarbonyl (C=S) groups is 1. The Kier molecular flexibility index (Phi) is 3.94. The standard InChI is InChI=1S/C12H10ClNO2S2/c1-2-14-11(16)10(18-12(14)17)6-7-5-8(13)3-4-9(7)15/h3-6,15H,2H2,1H3/b10-6-. The van der Waals surface area contributed by atoms with E-state index in [4.69, 9.17) is 23.8 Å². The summed E-state index contributed by atoms with van der Waals surface area (Å²) in [6, 6.07) is 4.69. The second-order valence-corrected chi connectivity index (χ2v) is 5.74. The predicted molar refractivity (Wildman–Crippen MR) is 78.7 cm³/mol. The summed E-state index contributed by atoms with van der Waals surface area (Å²) < 4.78 is 0.537. The van der Waals surface area contributed by atoms with Gasteiger partial charge in [-0.3, -0.25) is 9.69 Å². The second kappa shape index (κ2) is 5.30. The lowest BCUT2D eigenvalue weighted by Gasteiger charge is -2.09. The molecule has 1 amide bonds. The number of nitrogens with zero attached hydrogens (tertiary/aromatic N) is 1. The lowest BCUT2D eigenvalue weighted by molar-refractivity contribution is -0.121. The number of benzene rings is 1. The third kappa shape index (κ3) is 2.53. The van der Waals surface area contributed by atoms with Crippen molar-refractivity contribution in [3.8, 4) is 5.75 Å². The van der Waals surface area contributed by atoms with E-state index < -0.39 is 0 Å². The highest BCUT2D eigenvalue weighted by Gasteiger charge is 2.30. The molecule has 18 heavy (non-hydrogen) atoms. The average Bonchev–Trinajstić information content (AvgIpc) is 2.59. The van der Waals surface area contributed by atoms with Crippen molar-refractivity contribution in [1.29, 1.82) is 0 Å². The third-order valence-corrected chi connectivity index (χ3v) is 4.08. The molecule has 1 aromatic rings. The Hall–Kier alpha value is -1.04. The Morgan fingerprint density at radius 3 is 2.89 bits per heavy atom. The van der Waals surface area contributed by atoms with Crippen molar-refractivity contribution in [2.24, 2.45) is 0 Å². The van der Waals surface area contributed by atoms with Gasteiger partial charge in [0.1, 0.15) is 10.1 Å². The van der Waals surface area contributed by atoms with Crippen LogP contribution in [0.3, 0.4) is 0 Å². The number of phenolic OH excluding ortho intramolecular Hbond substituents is 1. The predicted octanol–water partition coefficient (Wildman–Crippen LogP) is 3.27. The SMILES string of the molecule is CCN1C(=O)/C(=C/c2cc(Cl)ccc2O)SC1=S. The van der Waals surface area contributed by atoms with Gasteiger partial charge in [0.15, 0.2) is 0 Å². The summed E-state index contributed by atoms with van der Waals surface area (Å²) in [7, 11) is 0. The summed E-state index contributed by atoms with van der Waals surface area (Å²) in [6.07, 6.45) is 1.61. The number of thioether (sulfide) groups is 1. The van der Waals surface area contributed by atoms with Crippen molar-refractivity contribution in [3.05, 3.63) is 33.7 Å². The van der Waals surface area contributed by atoms with Crippen LogP contribution in [0.25, 0.3) is 6.08 Å². The van der Waals surface area contributed by atoms with E-state index >= 15 is 0 Å². The Morgan fingerprint density at radius 1 is 1.56 bits per heavy atom. The van der Waals surface area contributed by atoms with Crippen LogP contribution >= 0.6 is 35.6 Å². The van der Waals surface area contributed by atoms with Gasteiger partial charge in [-0.05, 0) is 31.2 Å². The molecule has 1 saturated heterocycles. The van der Waals surface area contributed by atoms with Crippen LogP contribution in [0.4, 0.5) is 0 Å². The molecule has 1 fully saturated rings. The van der Waals surface area contributed by atoms with E-state index in [0.717, 1.165) is 0 Å². The number of carbonyl (C=O) groups excluding carboxylic acids is 1. The summed E-state index contributed by atoms with van der Waals surface area (Å²) in [6.45, 7) is 2.41. The number of carbonyl (C=O) groups is 1. The first kappa shape index (κ1) is 13.4. The minimum atomic E-state index is -0.133. The first-order valence-electron chi connectivity index (χ1n) is 5.27. The fraction of sp³-hybridized carbons (Fsp3) is 0.167. The summed E-state index contributed by atoms with van der Waals surface area (Å²) >= 11 is 12.2. The molecule has 2 rings (SSSR count). The molecule has 1 aliphatic rings. The van der Waals surface area contributed by atoms with Gasteiger partial charge in [-0.25, -0.2) is 0 Å². The molecule has 0 spiro atoms. The van der Waals surface area contributed by atoms with Crippen molar-refractivity contribution in [1.82, 2.24) is 4.90 Å². The minimum Gasteiger partial charge on any atom is -0.507 e. The van der Waals surface area contributed by atoms with Crippen LogP contribution in [0.1, 0.15) is 12.5 Å². The number of rotatable bonds is 2. The van der Waals surface area contributed by atoms with Gasteiger partial charge in [0.25, 0.3) is 5.91 Å². The van der Waals surface area contributed by atoms with Crippen LogP contribution < -0.4 is 0 Å². The number of hydrogen-bond acceptors (Lipinski definition) is 4. The molecule has 1 N–H and O–H groups in total. The van der Waals surface area contributed by atoms with E-state index in [0.29, 0.717) is 26.4 Å². The minimum absolute atomic E-state index is 0.0844. The molecule has 1 aromatic carbocycles. The molecule has 1 aliphatic heterocycles. The van der Waals surface area contributed by atoms with Gasteiger partial charge in [0, 0.05) is 17.1 Å². The molecule has 1 heterocycles. The number of halogens is 1. The van der Waals surface area contributed by atoms with Gasteiger partial charge in [0.2, 0.25) is 0 Å². The zero-order chi connectivity index (χ0) is 13.3. The molecule has 0 unspecified atom stereocenters. The smallest absolute Gasteiger partial charge is 0.266 e. The Morgan fingerprint density at radius 2 is 2.28 bits per heavy atom. The Balaban J connectivity index is 2.38. The molecule has 0 aliphatic carbocycles. The first-order chi connectivity index (χ1) is 8.52. The zero-order valence-electron chi connectivity index (χ0n) is 9.51. The monoisotopic (exact) mass is 299 g/mol. The van der Waals surface area contributed by atoms with Gasteiger partial charge in [0.05, 0.1) is 4.91 Å². The average molecular weight is 300 g/mol. The molecule has 6 heteroatoms. The highest BCUT2D eigenvalue weighted by molar-refractivity contribution is 8.26. The molecular formula is C12H10ClNO2S2. The highest BCUT2D eigenvalue weighted by atomic mass is 35.5. The van der Waals surface area contributed by atoms with Crippen LogP contribution in [0.5, 0.6) is 5.75 Å². The van der Waals surface area contributed by atoms with E-state index in [9.17, 15) is 9.90 Å². The largest absolute Gasteiger partial charge is 0.507 e. The van der Waals surface area contributed by atoms with E-state index in [1.807, 2.05) is 6.92 Å². The maximum absolute atomic E-state index is 12.0. The van der Waals surface area contributed by atoms with Gasteiger partial charge in [-0.1, -0.05) is 35.6 Å². The molecule has 0 atom stereocenters. The fourth-order valence-corrected chi connectivity index (χ4v) is 3.11. The lowest BCUT2D eigenvalue weighted by Crippen LogP contribution is -2.27. The van der Waals surface area contributed by atoms with Crippen LogP contribution in [-0.4, -0.2) is 26.8 Å². The quantitative estimate of drug-likeness (QED) is 0.672. The van der Waals surface area contributed by atoms with Gasteiger partial charge >= 0.3 is 0 Å². The second-order valence-electron chi connectivity index (χ2n) is 3.63. The molecule has 3 nitrogen and oxygen atoms in total. The first-order valence-corrected chi connectivity index (χ1v) is 6.87. The number of hydrogen-bond donors (Lipinski definition) is 1. The number of phenols is 1. The highest BCUT2D eigenvalue weighted by Crippen LogP contribution is 2.34.